The molecular weight excluding hydrogens is 608 g/mol. The van der Waals surface area contributed by atoms with Crippen LogP contribution in [-0.4, -0.2) is 73.1 Å². The Kier molecular flexibility index (Phi) is 12.8. The summed E-state index contributed by atoms with van der Waals surface area (Å²) in [6.07, 6.45) is -4.45. The number of esters is 6. The van der Waals surface area contributed by atoms with Crippen LogP contribution in [0.3, 0.4) is 0 Å². The summed E-state index contributed by atoms with van der Waals surface area (Å²) in [6.45, 7) is 5.18. The molecule has 1 saturated heterocycles. The number of hydrogen-bond acceptors (Lipinski definition) is 14. The summed E-state index contributed by atoms with van der Waals surface area (Å²) in [4.78, 5) is 71.5. The molecular formula is C32H34O14. The SMILES string of the molecule is CC(=O)OCc1ccccc1OC1O[C@H](COC(=O)/C=C/c2ccc(OC(C)=O)cc2)[C@@H](OC(C)=O)[C@H](OC(C)=O)[C@H]1OC(C)=O. The van der Waals surface area contributed by atoms with E-state index in [1.165, 1.54) is 19.9 Å². The minimum atomic E-state index is -1.48. The van der Waals surface area contributed by atoms with Crippen LogP contribution in [0.15, 0.2) is 54.6 Å². The first kappa shape index (κ1) is 35.2. The molecule has 0 aliphatic carbocycles. The van der Waals surface area contributed by atoms with Crippen molar-refractivity contribution in [1.29, 1.82) is 0 Å². The van der Waals surface area contributed by atoms with Gasteiger partial charge in [0.05, 0.1) is 0 Å². The van der Waals surface area contributed by atoms with E-state index in [0.717, 1.165) is 26.8 Å². The number of para-hydroxylation sites is 1. The van der Waals surface area contributed by atoms with Gasteiger partial charge in [-0.25, -0.2) is 4.79 Å². The van der Waals surface area contributed by atoms with Crippen LogP contribution in [0.2, 0.25) is 0 Å². The molecule has 0 radical (unpaired) electrons. The van der Waals surface area contributed by atoms with E-state index in [4.69, 9.17) is 37.9 Å². The maximum atomic E-state index is 12.6. The van der Waals surface area contributed by atoms with Crippen LogP contribution < -0.4 is 9.47 Å². The summed E-state index contributed by atoms with van der Waals surface area (Å²) in [5.41, 5.74) is 1.03. The zero-order valence-corrected chi connectivity index (χ0v) is 25.8. The topological polar surface area (TPSA) is 176 Å². The van der Waals surface area contributed by atoms with E-state index >= 15 is 0 Å². The van der Waals surface area contributed by atoms with Gasteiger partial charge >= 0.3 is 35.8 Å². The molecule has 1 unspecified atom stereocenters. The molecule has 0 spiro atoms. The normalized spacial score (nSPS) is 20.6. The van der Waals surface area contributed by atoms with Gasteiger partial charge in [-0.1, -0.05) is 30.3 Å². The Labute approximate surface area is 264 Å². The molecule has 5 atom stereocenters. The first-order chi connectivity index (χ1) is 21.8. The smallest absolute Gasteiger partial charge is 0.330 e. The summed E-state index contributed by atoms with van der Waals surface area (Å²) >= 11 is 0. The molecule has 14 heteroatoms. The van der Waals surface area contributed by atoms with Crippen molar-refractivity contribution < 1.29 is 66.7 Å². The Hall–Kier alpha value is -5.24. The van der Waals surface area contributed by atoms with Gasteiger partial charge in [-0.2, -0.15) is 0 Å². The van der Waals surface area contributed by atoms with E-state index in [-0.39, 0.29) is 12.4 Å². The lowest BCUT2D eigenvalue weighted by Crippen LogP contribution is -2.63. The lowest BCUT2D eigenvalue weighted by atomic mass is 9.98. The van der Waals surface area contributed by atoms with Crippen LogP contribution in [0, 0.1) is 0 Å². The minimum Gasteiger partial charge on any atom is -0.461 e. The summed E-state index contributed by atoms with van der Waals surface area (Å²) < 4.78 is 43.9. The molecule has 1 fully saturated rings. The van der Waals surface area contributed by atoms with Crippen molar-refractivity contribution in [3.8, 4) is 11.5 Å². The maximum absolute atomic E-state index is 12.6. The molecule has 0 saturated carbocycles. The van der Waals surface area contributed by atoms with Gasteiger partial charge in [0.25, 0.3) is 0 Å². The molecule has 46 heavy (non-hydrogen) atoms. The molecule has 1 aliphatic rings. The predicted octanol–water partition coefficient (Wildman–Crippen LogP) is 2.83. The predicted molar refractivity (Wildman–Crippen MR) is 156 cm³/mol. The van der Waals surface area contributed by atoms with Crippen LogP contribution in [0.1, 0.15) is 45.7 Å². The molecule has 0 aromatic heterocycles. The fourth-order valence-electron chi connectivity index (χ4n) is 4.32. The van der Waals surface area contributed by atoms with Gasteiger partial charge in [0.2, 0.25) is 12.4 Å². The van der Waals surface area contributed by atoms with Gasteiger partial charge < -0.3 is 37.9 Å². The third-order valence-electron chi connectivity index (χ3n) is 6.09. The van der Waals surface area contributed by atoms with Crippen molar-refractivity contribution in [2.45, 2.75) is 71.9 Å². The van der Waals surface area contributed by atoms with Crippen LogP contribution >= 0.6 is 0 Å². The molecule has 2 aromatic carbocycles. The first-order valence-corrected chi connectivity index (χ1v) is 14.0. The Morgan fingerprint density at radius 1 is 0.696 bits per heavy atom. The highest BCUT2D eigenvalue weighted by atomic mass is 16.7. The summed E-state index contributed by atoms with van der Waals surface area (Å²) in [5.74, 6) is -3.67. The highest BCUT2D eigenvalue weighted by Gasteiger charge is 2.53. The molecule has 0 amide bonds. The van der Waals surface area contributed by atoms with E-state index in [1.54, 1.807) is 48.5 Å². The summed E-state index contributed by atoms with van der Waals surface area (Å²) in [5, 5.41) is 0. The highest BCUT2D eigenvalue weighted by molar-refractivity contribution is 5.87. The molecule has 1 aliphatic heterocycles. The number of carbonyl (C=O) groups excluding carboxylic acids is 6. The summed E-state index contributed by atoms with van der Waals surface area (Å²) in [6, 6.07) is 12.8. The Morgan fingerprint density at radius 3 is 1.91 bits per heavy atom. The quantitative estimate of drug-likeness (QED) is 0.143. The minimum absolute atomic E-state index is 0.153. The Balaban J connectivity index is 1.87. The zero-order chi connectivity index (χ0) is 33.8. The lowest BCUT2D eigenvalue weighted by molar-refractivity contribution is -0.288. The number of carbonyl (C=O) groups is 6. The van der Waals surface area contributed by atoms with Gasteiger partial charge in [-0.05, 0) is 29.8 Å². The fraction of sp³-hybridized carbons (Fsp3) is 0.375. The molecule has 0 bridgehead atoms. The first-order valence-electron chi connectivity index (χ1n) is 14.0. The second kappa shape index (κ2) is 16.7. The van der Waals surface area contributed by atoms with E-state index in [1.807, 2.05) is 0 Å². The number of hydrogen-bond donors (Lipinski definition) is 0. The van der Waals surface area contributed by atoms with Crippen molar-refractivity contribution >= 4 is 41.9 Å². The molecule has 3 rings (SSSR count). The van der Waals surface area contributed by atoms with Crippen molar-refractivity contribution in [2.24, 2.45) is 0 Å². The van der Waals surface area contributed by atoms with E-state index in [9.17, 15) is 28.8 Å². The average Bonchev–Trinajstić information content (AvgIpc) is 2.97. The van der Waals surface area contributed by atoms with E-state index in [2.05, 4.69) is 0 Å². The third kappa shape index (κ3) is 11.0. The van der Waals surface area contributed by atoms with E-state index in [0.29, 0.717) is 16.9 Å². The molecule has 1 heterocycles. The van der Waals surface area contributed by atoms with Crippen LogP contribution in [-0.2, 0) is 63.8 Å². The molecule has 246 valence electrons. The lowest BCUT2D eigenvalue weighted by Gasteiger charge is -2.44. The second-order valence-electron chi connectivity index (χ2n) is 9.90. The largest absolute Gasteiger partial charge is 0.461 e. The number of rotatable bonds is 12. The van der Waals surface area contributed by atoms with Crippen LogP contribution in [0.25, 0.3) is 6.08 Å². The zero-order valence-electron chi connectivity index (χ0n) is 25.8. The van der Waals surface area contributed by atoms with Crippen molar-refractivity contribution in [1.82, 2.24) is 0 Å². The van der Waals surface area contributed by atoms with Crippen molar-refractivity contribution in [3.63, 3.8) is 0 Å². The van der Waals surface area contributed by atoms with Crippen molar-refractivity contribution in [3.05, 3.63) is 65.7 Å². The van der Waals surface area contributed by atoms with Crippen LogP contribution in [0.5, 0.6) is 11.5 Å². The standard InChI is InChI=1S/C32H34O14/c1-18(33)39-16-24-8-6-7-9-26(24)45-32-31(44-22(5)37)30(43-21(4)36)29(42-20(3)35)27(46-32)17-40-28(38)15-12-23-10-13-25(14-11-23)41-19(2)34/h6-15,27,29-32H,16-17H2,1-5H3/b15-12+/t27-,29-,30+,31-,32?/m1/s1. The monoisotopic (exact) mass is 642 g/mol. The van der Waals surface area contributed by atoms with Crippen molar-refractivity contribution in [2.75, 3.05) is 6.61 Å². The number of benzene rings is 2. The van der Waals surface area contributed by atoms with Gasteiger partial charge in [0.1, 0.15) is 30.8 Å². The van der Waals surface area contributed by atoms with Gasteiger partial charge in [0.15, 0.2) is 12.2 Å². The van der Waals surface area contributed by atoms with Crippen LogP contribution in [0.4, 0.5) is 0 Å². The fourth-order valence-corrected chi connectivity index (χ4v) is 4.32. The van der Waals surface area contributed by atoms with Gasteiger partial charge in [-0.15, -0.1) is 0 Å². The second-order valence-corrected chi connectivity index (χ2v) is 9.90. The van der Waals surface area contributed by atoms with E-state index < -0.39 is 73.1 Å². The average molecular weight is 643 g/mol. The molecule has 0 N–H and O–H groups in total. The summed E-state index contributed by atoms with van der Waals surface area (Å²) in [7, 11) is 0. The van der Waals surface area contributed by atoms with Gasteiger partial charge in [-0.3, -0.25) is 24.0 Å². The maximum Gasteiger partial charge on any atom is 0.330 e. The third-order valence-corrected chi connectivity index (χ3v) is 6.09. The Morgan fingerprint density at radius 2 is 1.30 bits per heavy atom. The highest BCUT2D eigenvalue weighted by Crippen LogP contribution is 2.32. The number of ether oxygens (including phenoxy) is 8. The van der Waals surface area contributed by atoms with Gasteiger partial charge in [0, 0.05) is 46.3 Å². The molecule has 2 aromatic rings. The Bertz CT molecular complexity index is 1450. The molecule has 14 nitrogen and oxygen atoms in total.